The number of ether oxygens (including phenoxy) is 1. The maximum Gasteiger partial charge on any atom is 0.128 e. The lowest BCUT2D eigenvalue weighted by atomic mass is 9.77. The second-order valence-corrected chi connectivity index (χ2v) is 8.30. The van der Waals surface area contributed by atoms with E-state index in [9.17, 15) is 0 Å². The molecule has 3 atom stereocenters. The Morgan fingerprint density at radius 3 is 2.68 bits per heavy atom. The van der Waals surface area contributed by atoms with Crippen molar-refractivity contribution in [2.45, 2.75) is 31.7 Å². The molecule has 0 radical (unpaired) electrons. The van der Waals surface area contributed by atoms with Crippen molar-refractivity contribution >= 4 is 17.6 Å². The van der Waals surface area contributed by atoms with Crippen molar-refractivity contribution < 1.29 is 4.74 Å². The first-order valence-electron chi connectivity index (χ1n) is 11.2. The Morgan fingerprint density at radius 1 is 1.00 bits per heavy atom. The molecule has 1 aliphatic carbocycles. The van der Waals surface area contributed by atoms with E-state index >= 15 is 0 Å². The van der Waals surface area contributed by atoms with Gasteiger partial charge in [0, 0.05) is 23.4 Å². The van der Waals surface area contributed by atoms with E-state index in [4.69, 9.17) is 9.73 Å². The van der Waals surface area contributed by atoms with E-state index in [0.717, 1.165) is 29.8 Å². The molecule has 1 N–H and O–H groups in total. The number of hydrogen-bond acceptors (Lipinski definition) is 3. The number of aliphatic imine (C=N–C) groups is 1. The van der Waals surface area contributed by atoms with Gasteiger partial charge in [0.05, 0.1) is 18.3 Å². The van der Waals surface area contributed by atoms with Gasteiger partial charge in [-0.1, -0.05) is 61.5 Å². The number of fused-ring (bicyclic) bond motifs is 3. The predicted molar refractivity (Wildman–Crippen MR) is 129 cm³/mol. The summed E-state index contributed by atoms with van der Waals surface area (Å²) in [5.41, 5.74) is 5.95. The van der Waals surface area contributed by atoms with E-state index in [1.54, 1.807) is 0 Å². The van der Waals surface area contributed by atoms with E-state index in [-0.39, 0.29) is 0 Å². The van der Waals surface area contributed by atoms with Gasteiger partial charge < -0.3 is 10.1 Å². The minimum absolute atomic E-state index is 0.316. The Morgan fingerprint density at radius 2 is 1.81 bits per heavy atom. The molecule has 156 valence electrons. The third kappa shape index (κ3) is 4.00. The fourth-order valence-corrected chi connectivity index (χ4v) is 4.72. The Bertz CT molecular complexity index is 1100. The number of para-hydroxylation sites is 2. The molecule has 31 heavy (non-hydrogen) atoms. The van der Waals surface area contributed by atoms with Gasteiger partial charge in [0.25, 0.3) is 0 Å². The normalized spacial score (nSPS) is 21.5. The first-order valence-corrected chi connectivity index (χ1v) is 11.2. The van der Waals surface area contributed by atoms with Gasteiger partial charge >= 0.3 is 0 Å². The molecule has 0 unspecified atom stereocenters. The van der Waals surface area contributed by atoms with Crippen LogP contribution in [-0.4, -0.2) is 12.8 Å². The van der Waals surface area contributed by atoms with Crippen LogP contribution < -0.4 is 10.1 Å². The molecule has 0 saturated carbocycles. The Balaban J connectivity index is 1.35. The largest absolute Gasteiger partial charge is 0.493 e. The molecule has 0 aromatic heterocycles. The Kier molecular flexibility index (Phi) is 5.57. The molecule has 0 bridgehead atoms. The zero-order chi connectivity index (χ0) is 21.0. The van der Waals surface area contributed by atoms with Gasteiger partial charge in [0.15, 0.2) is 0 Å². The first kappa shape index (κ1) is 19.6. The van der Waals surface area contributed by atoms with Crippen molar-refractivity contribution in [1.29, 1.82) is 0 Å². The molecule has 0 saturated heterocycles. The summed E-state index contributed by atoms with van der Waals surface area (Å²) in [4.78, 5) is 4.70. The van der Waals surface area contributed by atoms with Crippen LogP contribution in [0, 0.1) is 5.92 Å². The molecule has 3 aromatic carbocycles. The summed E-state index contributed by atoms with van der Waals surface area (Å²) in [6.07, 6.45) is 8.72. The Hall–Kier alpha value is -3.33. The van der Waals surface area contributed by atoms with Crippen molar-refractivity contribution in [3.8, 4) is 5.75 Å². The fourth-order valence-electron chi connectivity index (χ4n) is 4.72. The van der Waals surface area contributed by atoms with E-state index in [2.05, 4.69) is 72.9 Å². The van der Waals surface area contributed by atoms with Crippen molar-refractivity contribution in [2.24, 2.45) is 10.9 Å². The van der Waals surface area contributed by atoms with Crippen molar-refractivity contribution in [3.63, 3.8) is 0 Å². The minimum Gasteiger partial charge on any atom is -0.493 e. The molecule has 2 aliphatic rings. The van der Waals surface area contributed by atoms with Crippen LogP contribution in [0.1, 0.15) is 48.4 Å². The van der Waals surface area contributed by atoms with Crippen LogP contribution in [0.25, 0.3) is 0 Å². The first-order chi connectivity index (χ1) is 15.3. The average molecular weight is 409 g/mol. The molecule has 3 aromatic rings. The summed E-state index contributed by atoms with van der Waals surface area (Å²) in [5.74, 6) is 1.95. The average Bonchev–Trinajstić information content (AvgIpc) is 3.32. The van der Waals surface area contributed by atoms with Crippen LogP contribution in [0.5, 0.6) is 5.75 Å². The summed E-state index contributed by atoms with van der Waals surface area (Å²) < 4.78 is 5.84. The van der Waals surface area contributed by atoms with Crippen molar-refractivity contribution in [3.05, 3.63) is 102 Å². The van der Waals surface area contributed by atoms with Gasteiger partial charge in [-0.3, -0.25) is 4.99 Å². The zero-order valence-corrected chi connectivity index (χ0v) is 17.9. The number of benzene rings is 3. The molecule has 1 aliphatic heterocycles. The second-order valence-electron chi connectivity index (χ2n) is 8.30. The lowest BCUT2D eigenvalue weighted by Crippen LogP contribution is -2.28. The van der Waals surface area contributed by atoms with Crippen LogP contribution in [0.2, 0.25) is 0 Å². The van der Waals surface area contributed by atoms with Gasteiger partial charge in [-0.2, -0.15) is 0 Å². The third-order valence-corrected chi connectivity index (χ3v) is 6.26. The highest BCUT2D eigenvalue weighted by Gasteiger charge is 2.37. The number of hydrogen-bond donors (Lipinski definition) is 1. The second kappa shape index (κ2) is 8.81. The number of nitrogens with one attached hydrogen (secondary N) is 1. The molecule has 0 amide bonds. The summed E-state index contributed by atoms with van der Waals surface area (Å²) >= 11 is 0. The van der Waals surface area contributed by atoms with Crippen molar-refractivity contribution in [2.75, 3.05) is 11.9 Å². The molecule has 0 fully saturated rings. The smallest absolute Gasteiger partial charge is 0.128 e. The number of nitrogens with zero attached hydrogens (tertiary/aromatic N) is 1. The number of allylic oxidation sites excluding steroid dienone is 2. The summed E-state index contributed by atoms with van der Waals surface area (Å²) in [6.45, 7) is 2.83. The van der Waals surface area contributed by atoms with Crippen molar-refractivity contribution in [1.82, 2.24) is 0 Å². The lowest BCUT2D eigenvalue weighted by Gasteiger charge is -2.37. The molecule has 3 heteroatoms. The van der Waals surface area contributed by atoms with E-state index < -0.39 is 0 Å². The van der Waals surface area contributed by atoms with Crippen LogP contribution >= 0.6 is 0 Å². The maximum atomic E-state index is 5.84. The van der Waals surface area contributed by atoms with E-state index in [1.165, 1.54) is 16.8 Å². The molecule has 1 heterocycles. The molecule has 5 rings (SSSR count). The summed E-state index contributed by atoms with van der Waals surface area (Å²) in [6, 6.07) is 25.7. The van der Waals surface area contributed by atoms with E-state index in [1.807, 2.05) is 30.5 Å². The van der Waals surface area contributed by atoms with Crippen LogP contribution in [0.3, 0.4) is 0 Å². The minimum atomic E-state index is 0.316. The number of rotatable bonds is 6. The fraction of sp³-hybridized carbons (Fsp3) is 0.250. The molecule has 3 nitrogen and oxygen atoms in total. The highest BCUT2D eigenvalue weighted by atomic mass is 16.5. The predicted octanol–water partition coefficient (Wildman–Crippen LogP) is 7.05. The van der Waals surface area contributed by atoms with Crippen LogP contribution in [0.4, 0.5) is 11.4 Å². The highest BCUT2D eigenvalue weighted by molar-refractivity contribution is 5.85. The van der Waals surface area contributed by atoms with Gasteiger partial charge in [-0.05, 0) is 60.2 Å². The molecular weight excluding hydrogens is 380 g/mol. The topological polar surface area (TPSA) is 33.6 Å². The number of anilines is 1. The van der Waals surface area contributed by atoms with Crippen LogP contribution in [-0.2, 0) is 0 Å². The molecule has 0 spiro atoms. The third-order valence-electron chi connectivity index (χ3n) is 6.26. The standard InChI is InChI=1S/C28H28N2O/c1-2-18-31-27-13-6-3-8-21(27)19-29-22-16-14-20(15-17-22)28-25-11-7-10-23(25)24-9-4-5-12-26(24)30-28/h3-10,12-17,19,23,25,28,30H,2,11,18H2,1H3/t23-,25-,28+/m1/s1. The molecular formula is C28H28N2O. The zero-order valence-electron chi connectivity index (χ0n) is 17.9. The highest BCUT2D eigenvalue weighted by Crippen LogP contribution is 2.49. The summed E-state index contributed by atoms with van der Waals surface area (Å²) in [7, 11) is 0. The van der Waals surface area contributed by atoms with E-state index in [0.29, 0.717) is 24.5 Å². The van der Waals surface area contributed by atoms with Gasteiger partial charge in [0.1, 0.15) is 5.75 Å². The lowest BCUT2D eigenvalue weighted by molar-refractivity contribution is 0.317. The Labute approximate surface area is 184 Å². The van der Waals surface area contributed by atoms with Gasteiger partial charge in [-0.15, -0.1) is 0 Å². The quantitative estimate of drug-likeness (QED) is 0.350. The van der Waals surface area contributed by atoms with Gasteiger partial charge in [0.2, 0.25) is 0 Å². The SMILES string of the molecule is CCCOc1ccccc1C=Nc1ccc([C@@H]2Nc3ccccc3[C@H]3C=CC[C@H]32)cc1. The summed E-state index contributed by atoms with van der Waals surface area (Å²) in [5, 5.41) is 3.79. The van der Waals surface area contributed by atoms with Crippen LogP contribution in [0.15, 0.2) is 89.9 Å². The maximum absolute atomic E-state index is 5.84. The van der Waals surface area contributed by atoms with Gasteiger partial charge in [-0.25, -0.2) is 0 Å². The monoisotopic (exact) mass is 408 g/mol.